The Bertz CT molecular complexity index is 1230. The quantitative estimate of drug-likeness (QED) is 0.332. The van der Waals surface area contributed by atoms with Gasteiger partial charge < -0.3 is 9.47 Å². The molecule has 2 aromatic carbocycles. The molecule has 0 amide bonds. The smallest absolute Gasteiger partial charge is 0.220 e. The minimum atomic E-state index is -0.406. The van der Waals surface area contributed by atoms with Gasteiger partial charge in [-0.15, -0.1) is 0 Å². The maximum atomic E-state index is 5.59. The van der Waals surface area contributed by atoms with Gasteiger partial charge in [-0.2, -0.15) is 9.13 Å². The Morgan fingerprint density at radius 1 is 0.750 bits per heavy atom. The van der Waals surface area contributed by atoms with E-state index in [2.05, 4.69) is 100 Å². The Hall–Kier alpha value is -3.34. The lowest BCUT2D eigenvalue weighted by Crippen LogP contribution is -2.53. The first-order valence-corrected chi connectivity index (χ1v) is 11.0. The number of fused-ring (bicyclic) bond motifs is 3. The van der Waals surface area contributed by atoms with E-state index in [4.69, 9.17) is 9.47 Å². The van der Waals surface area contributed by atoms with E-state index >= 15 is 0 Å². The van der Waals surface area contributed by atoms with Crippen LogP contribution in [0.3, 0.4) is 0 Å². The van der Waals surface area contributed by atoms with Gasteiger partial charge in [0.1, 0.15) is 0 Å². The second kappa shape index (κ2) is 9.03. The first-order chi connectivity index (χ1) is 15.8. The van der Waals surface area contributed by atoms with Crippen LogP contribution in [0.2, 0.25) is 0 Å². The Balaban J connectivity index is 1.56. The normalized spacial score (nSPS) is 14.8. The summed E-state index contributed by atoms with van der Waals surface area (Å²) in [5, 5.41) is 0. The predicted octanol–water partition coefficient (Wildman–Crippen LogP) is 4.68. The fourth-order valence-electron chi connectivity index (χ4n) is 4.85. The number of hydrogen-bond acceptors (Lipinski definition) is 2. The SMILES string of the molecule is COC(OC)c1ccccc1-c1cccc[n+]1CC1Cc2ccccc2-c2cccc[n+]21. The Labute approximate surface area is 189 Å². The molecule has 0 saturated carbocycles. The van der Waals surface area contributed by atoms with Crippen molar-refractivity contribution in [3.8, 4) is 22.5 Å². The molecule has 0 saturated heterocycles. The molecule has 1 aliphatic heterocycles. The zero-order valence-electron chi connectivity index (χ0n) is 18.5. The van der Waals surface area contributed by atoms with E-state index in [1.165, 1.54) is 16.8 Å². The number of nitrogens with zero attached hydrogens (tertiary/aromatic N) is 2. The second-order valence-corrected chi connectivity index (χ2v) is 8.14. The average molecular weight is 425 g/mol. The first-order valence-electron chi connectivity index (χ1n) is 11.0. The van der Waals surface area contributed by atoms with Gasteiger partial charge in [0.2, 0.25) is 24.0 Å². The summed E-state index contributed by atoms with van der Waals surface area (Å²) in [6.07, 6.45) is 4.97. The topological polar surface area (TPSA) is 26.2 Å². The van der Waals surface area contributed by atoms with Crippen LogP contribution in [-0.2, 0) is 22.4 Å². The van der Waals surface area contributed by atoms with Crippen molar-refractivity contribution in [2.24, 2.45) is 0 Å². The van der Waals surface area contributed by atoms with Crippen molar-refractivity contribution in [2.45, 2.75) is 25.3 Å². The first kappa shape index (κ1) is 20.6. The zero-order valence-corrected chi connectivity index (χ0v) is 18.5. The summed E-state index contributed by atoms with van der Waals surface area (Å²) in [5.41, 5.74) is 7.31. The average Bonchev–Trinajstić information content (AvgIpc) is 2.86. The third kappa shape index (κ3) is 3.72. The van der Waals surface area contributed by atoms with Crippen molar-refractivity contribution in [1.29, 1.82) is 0 Å². The van der Waals surface area contributed by atoms with E-state index in [9.17, 15) is 0 Å². The molecule has 0 N–H and O–H groups in total. The summed E-state index contributed by atoms with van der Waals surface area (Å²) in [6.45, 7) is 0.866. The summed E-state index contributed by atoms with van der Waals surface area (Å²) in [4.78, 5) is 0. The third-order valence-electron chi connectivity index (χ3n) is 6.30. The summed E-state index contributed by atoms with van der Waals surface area (Å²) >= 11 is 0. The standard InChI is InChI=1S/C28H28N2O2/c1-31-28(32-2)25-14-6-5-13-24(25)26-15-7-9-17-29(26)20-22-19-21-11-3-4-12-23(21)27-16-8-10-18-30(22)27/h3-18,22,28H,19-20H2,1-2H3/q+2. The van der Waals surface area contributed by atoms with Crippen molar-refractivity contribution in [2.75, 3.05) is 14.2 Å². The van der Waals surface area contributed by atoms with E-state index in [1.54, 1.807) is 14.2 Å². The molecule has 32 heavy (non-hydrogen) atoms. The molecule has 0 radical (unpaired) electrons. The van der Waals surface area contributed by atoms with Gasteiger partial charge in [0, 0.05) is 56.0 Å². The van der Waals surface area contributed by atoms with Crippen LogP contribution in [0.25, 0.3) is 22.5 Å². The van der Waals surface area contributed by atoms with Crippen LogP contribution in [0.5, 0.6) is 0 Å². The van der Waals surface area contributed by atoms with Gasteiger partial charge in [-0.3, -0.25) is 0 Å². The number of pyridine rings is 2. The maximum absolute atomic E-state index is 5.59. The summed E-state index contributed by atoms with van der Waals surface area (Å²) < 4.78 is 15.9. The van der Waals surface area contributed by atoms with Crippen LogP contribution in [0.1, 0.15) is 23.5 Å². The van der Waals surface area contributed by atoms with Crippen LogP contribution in [-0.4, -0.2) is 14.2 Å². The largest absolute Gasteiger partial charge is 0.352 e. The molecule has 1 unspecified atom stereocenters. The Kier molecular flexibility index (Phi) is 5.80. The minimum absolute atomic E-state index is 0.319. The zero-order chi connectivity index (χ0) is 21.9. The van der Waals surface area contributed by atoms with Gasteiger partial charge in [0.25, 0.3) is 0 Å². The molecule has 0 bridgehead atoms. The van der Waals surface area contributed by atoms with Crippen molar-refractivity contribution < 1.29 is 18.6 Å². The maximum Gasteiger partial charge on any atom is 0.220 e. The van der Waals surface area contributed by atoms with Gasteiger partial charge in [-0.1, -0.05) is 36.4 Å². The molecule has 1 aliphatic rings. The van der Waals surface area contributed by atoms with E-state index in [0.717, 1.165) is 29.8 Å². The summed E-state index contributed by atoms with van der Waals surface area (Å²) in [5.74, 6) is 0. The fraction of sp³-hybridized carbons (Fsp3) is 0.214. The molecule has 4 heteroatoms. The van der Waals surface area contributed by atoms with Gasteiger partial charge in [-0.25, -0.2) is 0 Å². The van der Waals surface area contributed by atoms with E-state index < -0.39 is 6.29 Å². The molecule has 160 valence electrons. The van der Waals surface area contributed by atoms with Crippen LogP contribution in [0, 0.1) is 0 Å². The molecule has 4 aromatic rings. The van der Waals surface area contributed by atoms with Crippen molar-refractivity contribution in [1.82, 2.24) is 0 Å². The monoisotopic (exact) mass is 424 g/mol. The molecule has 4 nitrogen and oxygen atoms in total. The highest BCUT2D eigenvalue weighted by Gasteiger charge is 2.34. The molecular formula is C28H28N2O2+2. The van der Waals surface area contributed by atoms with Crippen molar-refractivity contribution >= 4 is 0 Å². The Morgan fingerprint density at radius 2 is 1.41 bits per heavy atom. The van der Waals surface area contributed by atoms with Gasteiger partial charge in [0.15, 0.2) is 18.7 Å². The van der Waals surface area contributed by atoms with Gasteiger partial charge in [0.05, 0.1) is 5.56 Å². The molecular weight excluding hydrogens is 396 g/mol. The number of ether oxygens (including phenoxy) is 2. The molecule has 0 fully saturated rings. The highest BCUT2D eigenvalue weighted by atomic mass is 16.7. The summed E-state index contributed by atoms with van der Waals surface area (Å²) in [6, 6.07) is 30.2. The second-order valence-electron chi connectivity index (χ2n) is 8.14. The number of rotatable bonds is 6. The molecule has 5 rings (SSSR count). The van der Waals surface area contributed by atoms with E-state index in [1.807, 2.05) is 6.07 Å². The lowest BCUT2D eigenvalue weighted by atomic mass is 9.92. The van der Waals surface area contributed by atoms with Gasteiger partial charge in [-0.05, 0) is 29.8 Å². The molecule has 0 spiro atoms. The summed E-state index contributed by atoms with van der Waals surface area (Å²) in [7, 11) is 3.36. The number of aromatic nitrogens is 2. The molecule has 1 atom stereocenters. The fourth-order valence-corrected chi connectivity index (χ4v) is 4.85. The van der Waals surface area contributed by atoms with Crippen molar-refractivity contribution in [3.63, 3.8) is 0 Å². The van der Waals surface area contributed by atoms with Crippen LogP contribution in [0.4, 0.5) is 0 Å². The molecule has 3 heterocycles. The minimum Gasteiger partial charge on any atom is -0.352 e. The number of benzene rings is 2. The molecule has 2 aromatic heterocycles. The molecule has 0 aliphatic carbocycles. The number of methoxy groups -OCH3 is 2. The highest BCUT2D eigenvalue weighted by molar-refractivity contribution is 5.62. The van der Waals surface area contributed by atoms with Crippen LogP contribution in [0.15, 0.2) is 97.3 Å². The lowest BCUT2D eigenvalue weighted by molar-refractivity contribution is -0.789. The van der Waals surface area contributed by atoms with E-state index in [0.29, 0.717) is 6.04 Å². The highest BCUT2D eigenvalue weighted by Crippen LogP contribution is 2.31. The van der Waals surface area contributed by atoms with Crippen LogP contribution < -0.4 is 9.13 Å². The Morgan fingerprint density at radius 3 is 2.22 bits per heavy atom. The van der Waals surface area contributed by atoms with Gasteiger partial charge >= 0.3 is 0 Å². The lowest BCUT2D eigenvalue weighted by Gasteiger charge is -2.21. The third-order valence-corrected chi connectivity index (χ3v) is 6.30. The van der Waals surface area contributed by atoms with Crippen molar-refractivity contribution in [3.05, 3.63) is 108 Å². The predicted molar refractivity (Wildman–Crippen MR) is 124 cm³/mol. The number of hydrogen-bond donors (Lipinski definition) is 0. The van der Waals surface area contributed by atoms with Crippen LogP contribution >= 0.6 is 0 Å². The van der Waals surface area contributed by atoms with E-state index in [-0.39, 0.29) is 0 Å².